The molecule has 1 aliphatic rings. The van der Waals surface area contributed by atoms with E-state index in [9.17, 15) is 14.0 Å². The fourth-order valence-corrected chi connectivity index (χ4v) is 3.86. The van der Waals surface area contributed by atoms with Gasteiger partial charge in [-0.2, -0.15) is 0 Å². The van der Waals surface area contributed by atoms with Gasteiger partial charge in [0.05, 0.1) is 6.04 Å². The van der Waals surface area contributed by atoms with Gasteiger partial charge in [-0.3, -0.25) is 14.5 Å². The minimum absolute atomic E-state index is 0.137. The van der Waals surface area contributed by atoms with E-state index < -0.39 is 6.04 Å². The van der Waals surface area contributed by atoms with Gasteiger partial charge in [-0.05, 0) is 61.7 Å². The van der Waals surface area contributed by atoms with Crippen LogP contribution in [0.25, 0.3) is 0 Å². The number of anilines is 1. The summed E-state index contributed by atoms with van der Waals surface area (Å²) in [7, 11) is 0. The molecule has 0 spiro atoms. The molecular weight excluding hydrogens is 397 g/mol. The molecule has 2 amide bonds. The Kier molecular flexibility index (Phi) is 7.94. The molecule has 0 unspecified atom stereocenters. The van der Waals surface area contributed by atoms with E-state index in [1.807, 2.05) is 0 Å². The molecular formula is C23H30FN5O2. The molecule has 0 radical (unpaired) electrons. The van der Waals surface area contributed by atoms with Gasteiger partial charge < -0.3 is 16.4 Å². The number of likely N-dealkylation sites (tertiary alicyclic amines) is 1. The summed E-state index contributed by atoms with van der Waals surface area (Å²) in [6.07, 6.45) is 4.60. The lowest BCUT2D eigenvalue weighted by atomic mass is 10.0. The second kappa shape index (κ2) is 10.9. The minimum atomic E-state index is -0.760. The minimum Gasteiger partial charge on any atom is -0.384 e. The molecule has 2 atom stereocenters. The molecule has 0 aliphatic carbocycles. The standard InChI is InChI=1S/C23H30FN5O2/c1-2-11-29-12-3-4-20(29)23(31)28-19(13-16-5-8-18(24)9-6-16)22(30)27-15-17-7-10-21(25)26-14-17/h5-10,14,19-20H,2-4,11-13,15H2,1H3,(H2,25,26)(H,27,30)(H,28,31)/t19-,20+/m0/s1. The fourth-order valence-electron chi connectivity index (χ4n) is 3.86. The fraction of sp³-hybridized carbons (Fsp3) is 0.435. The van der Waals surface area contributed by atoms with Crippen LogP contribution in [-0.4, -0.2) is 46.9 Å². The molecule has 1 aromatic carbocycles. The quantitative estimate of drug-likeness (QED) is 0.569. The van der Waals surface area contributed by atoms with Crippen molar-refractivity contribution in [2.45, 2.75) is 51.2 Å². The van der Waals surface area contributed by atoms with Gasteiger partial charge in [0.2, 0.25) is 11.8 Å². The highest BCUT2D eigenvalue weighted by Gasteiger charge is 2.32. The number of rotatable bonds is 9. The first-order chi connectivity index (χ1) is 15.0. The van der Waals surface area contributed by atoms with Crippen molar-refractivity contribution in [1.82, 2.24) is 20.5 Å². The van der Waals surface area contributed by atoms with E-state index in [0.29, 0.717) is 5.82 Å². The predicted molar refractivity (Wildman–Crippen MR) is 117 cm³/mol. The number of aromatic nitrogens is 1. The van der Waals surface area contributed by atoms with E-state index in [2.05, 4.69) is 27.4 Å². The Balaban J connectivity index is 1.68. The van der Waals surface area contributed by atoms with E-state index in [-0.39, 0.29) is 36.6 Å². The smallest absolute Gasteiger partial charge is 0.243 e. The average molecular weight is 428 g/mol. The number of pyridine rings is 1. The number of nitrogen functional groups attached to an aromatic ring is 1. The van der Waals surface area contributed by atoms with Crippen molar-refractivity contribution in [3.8, 4) is 0 Å². The zero-order valence-electron chi connectivity index (χ0n) is 17.8. The lowest BCUT2D eigenvalue weighted by molar-refractivity contribution is -0.131. The maximum Gasteiger partial charge on any atom is 0.243 e. The van der Waals surface area contributed by atoms with E-state index in [4.69, 9.17) is 5.73 Å². The highest BCUT2D eigenvalue weighted by atomic mass is 19.1. The Bertz CT molecular complexity index is 873. The maximum atomic E-state index is 13.3. The van der Waals surface area contributed by atoms with Gasteiger partial charge in [-0.1, -0.05) is 25.1 Å². The molecule has 1 fully saturated rings. The van der Waals surface area contributed by atoms with E-state index in [0.717, 1.165) is 43.5 Å². The number of nitrogens with zero attached hydrogens (tertiary/aromatic N) is 2. The number of benzene rings is 1. The molecule has 1 saturated heterocycles. The van der Waals surface area contributed by atoms with Crippen LogP contribution in [0.5, 0.6) is 0 Å². The summed E-state index contributed by atoms with van der Waals surface area (Å²) in [5, 5.41) is 5.79. The second-order valence-electron chi connectivity index (χ2n) is 7.89. The number of carbonyl (C=O) groups excluding carboxylic acids is 2. The molecule has 1 aliphatic heterocycles. The third kappa shape index (κ3) is 6.49. The number of halogens is 1. The van der Waals surface area contributed by atoms with Crippen molar-refractivity contribution >= 4 is 17.6 Å². The number of amides is 2. The monoisotopic (exact) mass is 427 g/mol. The Labute approximate surface area is 182 Å². The van der Waals surface area contributed by atoms with Crippen molar-refractivity contribution in [2.24, 2.45) is 0 Å². The summed E-state index contributed by atoms with van der Waals surface area (Å²) in [4.78, 5) is 32.1. The Morgan fingerprint density at radius 1 is 1.23 bits per heavy atom. The van der Waals surface area contributed by atoms with Crippen LogP contribution >= 0.6 is 0 Å². The maximum absolute atomic E-state index is 13.3. The van der Waals surface area contributed by atoms with Gasteiger partial charge >= 0.3 is 0 Å². The van der Waals surface area contributed by atoms with Gasteiger partial charge in [0.1, 0.15) is 17.7 Å². The summed E-state index contributed by atoms with van der Waals surface area (Å²) in [6.45, 7) is 4.11. The van der Waals surface area contributed by atoms with Crippen LogP contribution in [0.1, 0.15) is 37.3 Å². The van der Waals surface area contributed by atoms with Crippen LogP contribution < -0.4 is 16.4 Å². The Morgan fingerprint density at radius 2 is 1.97 bits per heavy atom. The van der Waals surface area contributed by atoms with Gasteiger partial charge in [-0.25, -0.2) is 9.37 Å². The zero-order chi connectivity index (χ0) is 22.2. The van der Waals surface area contributed by atoms with Crippen LogP contribution in [0.3, 0.4) is 0 Å². The molecule has 1 aromatic heterocycles. The first-order valence-corrected chi connectivity index (χ1v) is 10.7. The van der Waals surface area contributed by atoms with Crippen molar-refractivity contribution in [2.75, 3.05) is 18.8 Å². The summed E-state index contributed by atoms with van der Waals surface area (Å²) >= 11 is 0. The summed E-state index contributed by atoms with van der Waals surface area (Å²) < 4.78 is 13.3. The van der Waals surface area contributed by atoms with Crippen molar-refractivity contribution in [1.29, 1.82) is 0 Å². The number of hydrogen-bond acceptors (Lipinski definition) is 5. The molecule has 4 N–H and O–H groups in total. The zero-order valence-corrected chi connectivity index (χ0v) is 17.8. The van der Waals surface area contributed by atoms with E-state index >= 15 is 0 Å². The lowest BCUT2D eigenvalue weighted by Gasteiger charge is -2.26. The van der Waals surface area contributed by atoms with Crippen molar-refractivity contribution in [3.05, 3.63) is 59.5 Å². The largest absolute Gasteiger partial charge is 0.384 e. The topological polar surface area (TPSA) is 100 Å². The normalized spacial score (nSPS) is 17.3. The Hall–Kier alpha value is -3.00. The molecule has 0 bridgehead atoms. The molecule has 166 valence electrons. The van der Waals surface area contributed by atoms with Crippen molar-refractivity contribution < 1.29 is 14.0 Å². The molecule has 7 nitrogen and oxygen atoms in total. The highest BCUT2D eigenvalue weighted by molar-refractivity contribution is 5.90. The summed E-state index contributed by atoms with van der Waals surface area (Å²) in [5.74, 6) is -0.368. The van der Waals surface area contributed by atoms with E-state index in [1.54, 1.807) is 30.5 Å². The Morgan fingerprint density at radius 3 is 2.65 bits per heavy atom. The van der Waals surface area contributed by atoms with Gasteiger partial charge in [-0.15, -0.1) is 0 Å². The lowest BCUT2D eigenvalue weighted by Crippen LogP contribution is -2.53. The van der Waals surface area contributed by atoms with E-state index in [1.165, 1.54) is 12.1 Å². The van der Waals surface area contributed by atoms with Crippen LogP contribution in [0.4, 0.5) is 10.2 Å². The highest BCUT2D eigenvalue weighted by Crippen LogP contribution is 2.18. The van der Waals surface area contributed by atoms with Gasteiger partial charge in [0.25, 0.3) is 0 Å². The molecule has 2 aromatic rings. The van der Waals surface area contributed by atoms with Crippen LogP contribution in [-0.2, 0) is 22.6 Å². The summed E-state index contributed by atoms with van der Waals surface area (Å²) in [6, 6.07) is 8.44. The second-order valence-corrected chi connectivity index (χ2v) is 7.89. The third-order valence-corrected chi connectivity index (χ3v) is 5.48. The first kappa shape index (κ1) is 22.7. The average Bonchev–Trinajstić information content (AvgIpc) is 3.23. The number of carbonyl (C=O) groups is 2. The molecule has 2 heterocycles. The van der Waals surface area contributed by atoms with Gasteiger partial charge in [0.15, 0.2) is 0 Å². The SMILES string of the molecule is CCCN1CCC[C@@H]1C(=O)N[C@@H](Cc1ccc(F)cc1)C(=O)NCc1ccc(N)nc1. The first-order valence-electron chi connectivity index (χ1n) is 10.7. The molecule has 3 rings (SSSR count). The van der Waals surface area contributed by atoms with Crippen LogP contribution in [0, 0.1) is 5.82 Å². The molecule has 0 saturated carbocycles. The number of hydrogen-bond donors (Lipinski definition) is 3. The number of nitrogens with two attached hydrogens (primary N) is 1. The molecule has 31 heavy (non-hydrogen) atoms. The van der Waals surface area contributed by atoms with Crippen LogP contribution in [0.2, 0.25) is 0 Å². The predicted octanol–water partition coefficient (Wildman–Crippen LogP) is 2.02. The molecule has 8 heteroatoms. The van der Waals surface area contributed by atoms with Crippen LogP contribution in [0.15, 0.2) is 42.6 Å². The third-order valence-electron chi connectivity index (χ3n) is 5.48. The van der Waals surface area contributed by atoms with Crippen molar-refractivity contribution in [3.63, 3.8) is 0 Å². The number of nitrogens with one attached hydrogen (secondary N) is 2. The summed E-state index contributed by atoms with van der Waals surface area (Å²) in [5.41, 5.74) is 7.17. The van der Waals surface area contributed by atoms with Gasteiger partial charge in [0, 0.05) is 19.2 Å².